The average molecular weight is 230 g/mol. The summed E-state index contributed by atoms with van der Waals surface area (Å²) in [5.74, 6) is -2.67. The number of carboxylic acids is 2. The van der Waals surface area contributed by atoms with Gasteiger partial charge in [-0.3, -0.25) is 9.59 Å². The first-order valence-corrected chi connectivity index (χ1v) is 5.94. The van der Waals surface area contributed by atoms with Crippen molar-refractivity contribution < 1.29 is 19.8 Å². The van der Waals surface area contributed by atoms with Crippen LogP contribution in [-0.2, 0) is 9.59 Å². The number of aliphatic carboxylic acids is 2. The average Bonchev–Trinajstić information content (AvgIpc) is 2.22. The minimum atomic E-state index is -1.60. The zero-order valence-corrected chi connectivity index (χ0v) is 10.3. The molecule has 0 radical (unpaired) electrons. The van der Waals surface area contributed by atoms with Gasteiger partial charge in [0.15, 0.2) is 5.41 Å². The van der Waals surface area contributed by atoms with Crippen LogP contribution in [0.5, 0.6) is 0 Å². The summed E-state index contributed by atoms with van der Waals surface area (Å²) in [5.41, 5.74) is -1.60. The molecular weight excluding hydrogens is 208 g/mol. The van der Waals surface area contributed by atoms with Crippen molar-refractivity contribution in [3.05, 3.63) is 0 Å². The van der Waals surface area contributed by atoms with Crippen molar-refractivity contribution in [3.63, 3.8) is 0 Å². The molecule has 1 atom stereocenters. The standard InChI is InChI=1S/C12H22O4/c1-4-7-9(6-3)12(8-5-2,10(13)14)11(15)16/h9H,4-8H2,1-3H3,(H,13,14)(H,15,16). The van der Waals surface area contributed by atoms with E-state index in [0.29, 0.717) is 19.3 Å². The number of hydrogen-bond donors (Lipinski definition) is 2. The molecule has 4 heteroatoms. The number of rotatable bonds is 8. The molecule has 0 aromatic carbocycles. The third kappa shape index (κ3) is 2.74. The molecule has 0 aromatic heterocycles. The molecule has 0 aliphatic rings. The fourth-order valence-electron chi connectivity index (χ4n) is 2.40. The first kappa shape index (κ1) is 14.9. The molecule has 0 spiro atoms. The summed E-state index contributed by atoms with van der Waals surface area (Å²) in [6.45, 7) is 5.62. The maximum Gasteiger partial charge on any atom is 0.321 e. The minimum Gasteiger partial charge on any atom is -0.480 e. The Bertz CT molecular complexity index is 233. The molecule has 0 aromatic rings. The van der Waals surface area contributed by atoms with E-state index in [-0.39, 0.29) is 12.3 Å². The van der Waals surface area contributed by atoms with E-state index in [1.807, 2.05) is 20.8 Å². The summed E-state index contributed by atoms with van der Waals surface area (Å²) in [7, 11) is 0. The minimum absolute atomic E-state index is 0.205. The van der Waals surface area contributed by atoms with E-state index in [2.05, 4.69) is 0 Å². The van der Waals surface area contributed by atoms with Gasteiger partial charge in [-0.1, -0.05) is 40.0 Å². The number of hydrogen-bond acceptors (Lipinski definition) is 2. The Morgan fingerprint density at radius 1 is 1.06 bits per heavy atom. The lowest BCUT2D eigenvalue weighted by atomic mass is 9.69. The summed E-state index contributed by atoms with van der Waals surface area (Å²) in [4.78, 5) is 22.7. The van der Waals surface area contributed by atoms with Gasteiger partial charge < -0.3 is 10.2 Å². The van der Waals surface area contributed by atoms with Crippen molar-refractivity contribution in [1.82, 2.24) is 0 Å². The van der Waals surface area contributed by atoms with Crippen LogP contribution >= 0.6 is 0 Å². The molecule has 1 unspecified atom stereocenters. The van der Waals surface area contributed by atoms with Gasteiger partial charge >= 0.3 is 11.9 Å². The number of carbonyl (C=O) groups is 2. The van der Waals surface area contributed by atoms with E-state index in [4.69, 9.17) is 0 Å². The molecule has 0 saturated carbocycles. The molecule has 0 saturated heterocycles. The van der Waals surface area contributed by atoms with Crippen molar-refractivity contribution in [2.75, 3.05) is 0 Å². The van der Waals surface area contributed by atoms with Crippen LogP contribution in [0.25, 0.3) is 0 Å². The predicted octanol–water partition coefficient (Wildman–Crippen LogP) is 2.77. The Hall–Kier alpha value is -1.06. The summed E-state index contributed by atoms with van der Waals surface area (Å²) in [6, 6.07) is 0. The second kappa shape index (κ2) is 6.51. The quantitative estimate of drug-likeness (QED) is 0.629. The van der Waals surface area contributed by atoms with E-state index >= 15 is 0 Å². The Morgan fingerprint density at radius 3 is 1.81 bits per heavy atom. The molecule has 4 nitrogen and oxygen atoms in total. The fourth-order valence-corrected chi connectivity index (χ4v) is 2.40. The predicted molar refractivity (Wildman–Crippen MR) is 61.3 cm³/mol. The Labute approximate surface area is 96.7 Å². The summed E-state index contributed by atoms with van der Waals surface area (Å²) in [6.07, 6.45) is 2.82. The molecule has 94 valence electrons. The molecule has 0 bridgehead atoms. The van der Waals surface area contributed by atoms with Gasteiger partial charge in [0.2, 0.25) is 0 Å². The van der Waals surface area contributed by atoms with Gasteiger partial charge in [0, 0.05) is 0 Å². The lowest BCUT2D eigenvalue weighted by Gasteiger charge is -2.32. The van der Waals surface area contributed by atoms with Crippen LogP contribution in [0.2, 0.25) is 0 Å². The number of carboxylic acid groups (broad SMARTS) is 2. The molecule has 16 heavy (non-hydrogen) atoms. The first-order chi connectivity index (χ1) is 7.47. The summed E-state index contributed by atoms with van der Waals surface area (Å²) >= 11 is 0. The molecule has 0 aliphatic heterocycles. The van der Waals surface area contributed by atoms with Crippen molar-refractivity contribution in [2.45, 2.75) is 52.9 Å². The van der Waals surface area contributed by atoms with Gasteiger partial charge in [-0.25, -0.2) is 0 Å². The highest BCUT2D eigenvalue weighted by atomic mass is 16.4. The highest BCUT2D eigenvalue weighted by Crippen LogP contribution is 2.39. The second-order valence-electron chi connectivity index (χ2n) is 4.23. The van der Waals surface area contributed by atoms with Crippen LogP contribution in [0.1, 0.15) is 52.9 Å². The zero-order chi connectivity index (χ0) is 12.8. The highest BCUT2D eigenvalue weighted by molar-refractivity contribution is 5.98. The van der Waals surface area contributed by atoms with Crippen LogP contribution in [0.3, 0.4) is 0 Å². The lowest BCUT2D eigenvalue weighted by Crippen LogP contribution is -2.45. The second-order valence-corrected chi connectivity index (χ2v) is 4.23. The van der Waals surface area contributed by atoms with Crippen molar-refractivity contribution in [2.24, 2.45) is 11.3 Å². The first-order valence-electron chi connectivity index (χ1n) is 5.94. The monoisotopic (exact) mass is 230 g/mol. The molecule has 0 heterocycles. The van der Waals surface area contributed by atoms with Crippen LogP contribution in [0.4, 0.5) is 0 Å². The van der Waals surface area contributed by atoms with Gasteiger partial charge in [0.1, 0.15) is 0 Å². The van der Waals surface area contributed by atoms with Crippen molar-refractivity contribution in [1.29, 1.82) is 0 Å². The van der Waals surface area contributed by atoms with E-state index in [1.54, 1.807) is 0 Å². The molecule has 0 fully saturated rings. The largest absolute Gasteiger partial charge is 0.480 e. The fraction of sp³-hybridized carbons (Fsp3) is 0.833. The van der Waals surface area contributed by atoms with E-state index in [1.165, 1.54) is 0 Å². The van der Waals surface area contributed by atoms with E-state index < -0.39 is 17.4 Å². The zero-order valence-electron chi connectivity index (χ0n) is 10.3. The summed E-state index contributed by atoms with van der Waals surface area (Å²) < 4.78 is 0. The molecule has 0 amide bonds. The maximum atomic E-state index is 11.3. The molecule has 0 rings (SSSR count). The van der Waals surface area contributed by atoms with Crippen LogP contribution in [-0.4, -0.2) is 22.2 Å². The smallest absolute Gasteiger partial charge is 0.321 e. The topological polar surface area (TPSA) is 74.6 Å². The van der Waals surface area contributed by atoms with E-state index in [0.717, 1.165) is 6.42 Å². The van der Waals surface area contributed by atoms with Crippen molar-refractivity contribution in [3.8, 4) is 0 Å². The van der Waals surface area contributed by atoms with Gasteiger partial charge in [0.25, 0.3) is 0 Å². The van der Waals surface area contributed by atoms with Gasteiger partial charge in [-0.2, -0.15) is 0 Å². The van der Waals surface area contributed by atoms with Gasteiger partial charge in [-0.15, -0.1) is 0 Å². The van der Waals surface area contributed by atoms with E-state index in [9.17, 15) is 19.8 Å². The normalized spacial score (nSPS) is 13.4. The summed E-state index contributed by atoms with van der Waals surface area (Å²) in [5, 5.41) is 18.5. The molecular formula is C12H22O4. The SMILES string of the molecule is CCCC(CC)C(CCC)(C(=O)O)C(=O)O. The van der Waals surface area contributed by atoms with Gasteiger partial charge in [0.05, 0.1) is 0 Å². The van der Waals surface area contributed by atoms with Crippen LogP contribution in [0, 0.1) is 11.3 Å². The van der Waals surface area contributed by atoms with Crippen molar-refractivity contribution >= 4 is 11.9 Å². The lowest BCUT2D eigenvalue weighted by molar-refractivity contribution is -0.170. The van der Waals surface area contributed by atoms with Crippen LogP contribution < -0.4 is 0 Å². The molecule has 2 N–H and O–H groups in total. The van der Waals surface area contributed by atoms with Crippen LogP contribution in [0.15, 0.2) is 0 Å². The third-order valence-electron chi connectivity index (χ3n) is 3.23. The Morgan fingerprint density at radius 2 is 1.56 bits per heavy atom. The third-order valence-corrected chi connectivity index (χ3v) is 3.23. The van der Waals surface area contributed by atoms with Gasteiger partial charge in [-0.05, 0) is 18.8 Å². The Balaban J connectivity index is 5.29. The maximum absolute atomic E-state index is 11.3. The highest BCUT2D eigenvalue weighted by Gasteiger charge is 2.50. The Kier molecular flexibility index (Phi) is 6.08. The molecule has 0 aliphatic carbocycles.